The summed E-state index contributed by atoms with van der Waals surface area (Å²) in [5.74, 6) is 0.622. The normalized spacial score (nSPS) is 14.9. The number of anilines is 1. The number of hydrogen-bond donors (Lipinski definition) is 1. The fourth-order valence-corrected chi connectivity index (χ4v) is 3.89. The second kappa shape index (κ2) is 9.54. The molecule has 2 aromatic carbocycles. The third-order valence-electron chi connectivity index (χ3n) is 5.50. The standard InChI is InChI=1S/C24H30N2O2/c1-18(2)21-10-6-7-11-22(21)25-23(27)17-24(28)26-14-12-20(13-15-26)16-19-8-4-3-5-9-19/h3-11,18,20H,12-17H2,1-2H3,(H,25,27). The topological polar surface area (TPSA) is 49.4 Å². The van der Waals surface area contributed by atoms with Crippen molar-refractivity contribution in [2.75, 3.05) is 18.4 Å². The number of nitrogens with one attached hydrogen (secondary N) is 1. The van der Waals surface area contributed by atoms with Gasteiger partial charge in [0.1, 0.15) is 6.42 Å². The molecule has 4 heteroatoms. The van der Waals surface area contributed by atoms with E-state index in [2.05, 4.69) is 43.4 Å². The molecule has 28 heavy (non-hydrogen) atoms. The molecule has 1 heterocycles. The molecule has 4 nitrogen and oxygen atoms in total. The van der Waals surface area contributed by atoms with Crippen LogP contribution in [0.15, 0.2) is 54.6 Å². The maximum Gasteiger partial charge on any atom is 0.233 e. The van der Waals surface area contributed by atoms with Crippen LogP contribution in [-0.2, 0) is 16.0 Å². The molecule has 1 aliphatic rings. The number of hydrogen-bond acceptors (Lipinski definition) is 2. The van der Waals surface area contributed by atoms with Crippen LogP contribution in [0.1, 0.15) is 50.2 Å². The number of piperidine rings is 1. The number of nitrogens with zero attached hydrogens (tertiary/aromatic N) is 1. The van der Waals surface area contributed by atoms with E-state index in [4.69, 9.17) is 0 Å². The predicted octanol–water partition coefficient (Wildman–Crippen LogP) is 4.62. The molecule has 1 saturated heterocycles. The van der Waals surface area contributed by atoms with Crippen molar-refractivity contribution in [2.24, 2.45) is 5.92 Å². The number of amides is 2. The van der Waals surface area contributed by atoms with Crippen LogP contribution >= 0.6 is 0 Å². The van der Waals surface area contributed by atoms with Gasteiger partial charge in [0.15, 0.2) is 0 Å². The Morgan fingerprint density at radius 1 is 1.00 bits per heavy atom. The Hall–Kier alpha value is -2.62. The van der Waals surface area contributed by atoms with E-state index in [1.807, 2.05) is 35.2 Å². The zero-order valence-corrected chi connectivity index (χ0v) is 16.9. The van der Waals surface area contributed by atoms with Gasteiger partial charge < -0.3 is 10.2 Å². The van der Waals surface area contributed by atoms with Gasteiger partial charge in [0.2, 0.25) is 11.8 Å². The summed E-state index contributed by atoms with van der Waals surface area (Å²) in [4.78, 5) is 26.8. The van der Waals surface area contributed by atoms with Crippen LogP contribution in [0.2, 0.25) is 0 Å². The molecule has 2 aromatic rings. The molecule has 0 unspecified atom stereocenters. The van der Waals surface area contributed by atoms with E-state index in [-0.39, 0.29) is 18.2 Å². The molecule has 1 fully saturated rings. The largest absolute Gasteiger partial charge is 0.342 e. The van der Waals surface area contributed by atoms with Crippen molar-refractivity contribution in [1.82, 2.24) is 4.90 Å². The number of rotatable bonds is 6. The third-order valence-corrected chi connectivity index (χ3v) is 5.50. The zero-order chi connectivity index (χ0) is 19.9. The van der Waals surface area contributed by atoms with E-state index >= 15 is 0 Å². The second-order valence-electron chi connectivity index (χ2n) is 7.98. The van der Waals surface area contributed by atoms with Gasteiger partial charge in [-0.15, -0.1) is 0 Å². The smallest absolute Gasteiger partial charge is 0.233 e. The quantitative estimate of drug-likeness (QED) is 0.746. The Labute approximate surface area is 167 Å². The van der Waals surface area contributed by atoms with Crippen LogP contribution < -0.4 is 5.32 Å². The SMILES string of the molecule is CC(C)c1ccccc1NC(=O)CC(=O)N1CCC(Cc2ccccc2)CC1. The Morgan fingerprint density at radius 3 is 2.32 bits per heavy atom. The summed E-state index contributed by atoms with van der Waals surface area (Å²) in [5.41, 5.74) is 3.25. The molecular formula is C24H30N2O2. The van der Waals surface area contributed by atoms with Crippen LogP contribution in [0.25, 0.3) is 0 Å². The molecule has 0 bridgehead atoms. The van der Waals surface area contributed by atoms with Crippen LogP contribution in [0.4, 0.5) is 5.69 Å². The van der Waals surface area contributed by atoms with Gasteiger partial charge in [-0.2, -0.15) is 0 Å². The molecule has 1 aliphatic heterocycles. The fourth-order valence-electron chi connectivity index (χ4n) is 3.89. The van der Waals surface area contributed by atoms with Crippen molar-refractivity contribution in [1.29, 1.82) is 0 Å². The summed E-state index contributed by atoms with van der Waals surface area (Å²) in [6.45, 7) is 5.67. The summed E-state index contributed by atoms with van der Waals surface area (Å²) < 4.78 is 0. The van der Waals surface area contributed by atoms with Crippen molar-refractivity contribution < 1.29 is 9.59 Å². The van der Waals surface area contributed by atoms with Gasteiger partial charge in [0.25, 0.3) is 0 Å². The Balaban J connectivity index is 1.47. The summed E-state index contributed by atoms with van der Waals surface area (Å²) in [5, 5.41) is 2.92. The summed E-state index contributed by atoms with van der Waals surface area (Å²) in [6.07, 6.45) is 2.97. The highest BCUT2D eigenvalue weighted by atomic mass is 16.2. The summed E-state index contributed by atoms with van der Waals surface area (Å²) in [7, 11) is 0. The van der Waals surface area contributed by atoms with E-state index in [1.54, 1.807) is 0 Å². The first-order valence-corrected chi connectivity index (χ1v) is 10.2. The van der Waals surface area contributed by atoms with E-state index in [0.717, 1.165) is 43.6 Å². The van der Waals surface area contributed by atoms with E-state index < -0.39 is 0 Å². The average molecular weight is 379 g/mol. The molecular weight excluding hydrogens is 348 g/mol. The van der Waals surface area contributed by atoms with Crippen molar-refractivity contribution >= 4 is 17.5 Å². The molecule has 2 amide bonds. The maximum absolute atomic E-state index is 12.5. The lowest BCUT2D eigenvalue weighted by molar-refractivity contribution is -0.135. The Morgan fingerprint density at radius 2 is 1.64 bits per heavy atom. The van der Waals surface area contributed by atoms with Gasteiger partial charge in [0.05, 0.1) is 0 Å². The number of para-hydroxylation sites is 1. The van der Waals surface area contributed by atoms with Gasteiger partial charge in [0, 0.05) is 18.8 Å². The first kappa shape index (κ1) is 20.1. The van der Waals surface area contributed by atoms with Crippen LogP contribution in [0.5, 0.6) is 0 Å². The van der Waals surface area contributed by atoms with Gasteiger partial charge in [-0.05, 0) is 48.3 Å². The maximum atomic E-state index is 12.5. The Bertz CT molecular complexity index is 793. The van der Waals surface area contributed by atoms with Crippen molar-refractivity contribution in [2.45, 2.75) is 45.4 Å². The minimum absolute atomic E-state index is 0.0716. The molecule has 0 atom stereocenters. The molecule has 0 aromatic heterocycles. The monoisotopic (exact) mass is 378 g/mol. The minimum Gasteiger partial charge on any atom is -0.342 e. The predicted molar refractivity (Wildman–Crippen MR) is 113 cm³/mol. The first-order valence-electron chi connectivity index (χ1n) is 10.2. The number of likely N-dealkylation sites (tertiary alicyclic amines) is 1. The van der Waals surface area contributed by atoms with E-state index in [0.29, 0.717) is 11.8 Å². The highest BCUT2D eigenvalue weighted by molar-refractivity contribution is 6.03. The van der Waals surface area contributed by atoms with Crippen LogP contribution in [0, 0.1) is 5.92 Å². The van der Waals surface area contributed by atoms with Crippen molar-refractivity contribution in [3.8, 4) is 0 Å². The van der Waals surface area contributed by atoms with Crippen LogP contribution in [-0.4, -0.2) is 29.8 Å². The van der Waals surface area contributed by atoms with Gasteiger partial charge in [-0.25, -0.2) is 0 Å². The minimum atomic E-state index is -0.232. The number of carbonyl (C=O) groups excluding carboxylic acids is 2. The van der Waals surface area contributed by atoms with E-state index in [9.17, 15) is 9.59 Å². The lowest BCUT2D eigenvalue weighted by atomic mass is 9.90. The molecule has 148 valence electrons. The van der Waals surface area contributed by atoms with Gasteiger partial charge in [-0.3, -0.25) is 9.59 Å². The van der Waals surface area contributed by atoms with Gasteiger partial charge >= 0.3 is 0 Å². The first-order chi connectivity index (χ1) is 13.5. The lowest BCUT2D eigenvalue weighted by Crippen LogP contribution is -2.40. The summed E-state index contributed by atoms with van der Waals surface area (Å²) >= 11 is 0. The van der Waals surface area contributed by atoms with Crippen LogP contribution in [0.3, 0.4) is 0 Å². The molecule has 0 aliphatic carbocycles. The fraction of sp³-hybridized carbons (Fsp3) is 0.417. The molecule has 0 spiro atoms. The average Bonchev–Trinajstić information content (AvgIpc) is 2.69. The number of carbonyl (C=O) groups is 2. The zero-order valence-electron chi connectivity index (χ0n) is 16.9. The molecule has 1 N–H and O–H groups in total. The van der Waals surface area contributed by atoms with E-state index in [1.165, 1.54) is 5.56 Å². The second-order valence-corrected chi connectivity index (χ2v) is 7.98. The third kappa shape index (κ3) is 5.44. The Kier molecular flexibility index (Phi) is 6.85. The highest BCUT2D eigenvalue weighted by Gasteiger charge is 2.24. The highest BCUT2D eigenvalue weighted by Crippen LogP contribution is 2.24. The van der Waals surface area contributed by atoms with Crippen molar-refractivity contribution in [3.05, 3.63) is 65.7 Å². The molecule has 3 rings (SSSR count). The number of benzene rings is 2. The molecule has 0 saturated carbocycles. The lowest BCUT2D eigenvalue weighted by Gasteiger charge is -2.32. The van der Waals surface area contributed by atoms with Crippen molar-refractivity contribution in [3.63, 3.8) is 0 Å². The van der Waals surface area contributed by atoms with Gasteiger partial charge in [-0.1, -0.05) is 62.4 Å². The molecule has 0 radical (unpaired) electrons. The summed E-state index contributed by atoms with van der Waals surface area (Å²) in [6, 6.07) is 18.3.